The molecule has 3 aliphatic heterocycles. The molecule has 1 atom stereocenters. The van der Waals surface area contributed by atoms with E-state index in [1.165, 1.54) is 0 Å². The third kappa shape index (κ3) is 2.44. The Bertz CT molecular complexity index is 696. The number of morpholine rings is 1. The number of carbonyl (C=O) groups is 3. The normalized spacial score (nSPS) is 27.2. The molecule has 4 rings (SSSR count). The molecule has 3 amide bonds. The zero-order valence-corrected chi connectivity index (χ0v) is 13.1. The molecule has 0 saturated carbocycles. The van der Waals surface area contributed by atoms with Crippen molar-refractivity contribution in [3.63, 3.8) is 0 Å². The second-order valence-electron chi connectivity index (χ2n) is 6.46. The van der Waals surface area contributed by atoms with E-state index in [0.717, 1.165) is 0 Å². The van der Waals surface area contributed by atoms with Crippen LogP contribution in [0, 0.1) is 5.41 Å². The zero-order chi connectivity index (χ0) is 16.7. The summed E-state index contributed by atoms with van der Waals surface area (Å²) in [5, 5.41) is 6.29. The van der Waals surface area contributed by atoms with Crippen molar-refractivity contribution in [3.05, 3.63) is 11.8 Å². The minimum absolute atomic E-state index is 0.144. The highest BCUT2D eigenvalue weighted by Gasteiger charge is 2.52. The van der Waals surface area contributed by atoms with Gasteiger partial charge in [-0.3, -0.25) is 19.7 Å². The maximum Gasteiger partial charge on any atom is 0.292 e. The molecule has 0 bridgehead atoms. The fourth-order valence-corrected chi connectivity index (χ4v) is 3.53. The van der Waals surface area contributed by atoms with Gasteiger partial charge in [-0.25, -0.2) is 0 Å². The van der Waals surface area contributed by atoms with Gasteiger partial charge in [-0.15, -0.1) is 0 Å². The summed E-state index contributed by atoms with van der Waals surface area (Å²) in [7, 11) is 0. The lowest BCUT2D eigenvalue weighted by molar-refractivity contribution is -0.128. The minimum Gasteiger partial charge on any atom is -0.378 e. The predicted molar refractivity (Wildman–Crippen MR) is 80.3 cm³/mol. The smallest absolute Gasteiger partial charge is 0.292 e. The van der Waals surface area contributed by atoms with Gasteiger partial charge in [0.1, 0.15) is 0 Å². The van der Waals surface area contributed by atoms with Crippen LogP contribution in [0.3, 0.4) is 0 Å². The van der Waals surface area contributed by atoms with E-state index in [1.54, 1.807) is 11.0 Å². The maximum atomic E-state index is 12.6. The molecule has 0 aliphatic carbocycles. The van der Waals surface area contributed by atoms with Gasteiger partial charge in [0, 0.05) is 38.7 Å². The fraction of sp³-hybridized carbons (Fsp3) is 0.600. The SMILES string of the molecule is O=C1CC2(CCN(C(=O)c3cc(N4CCOCC4)no3)C2)C(=O)N1. The number of nitrogens with one attached hydrogen (secondary N) is 1. The lowest BCUT2D eigenvalue weighted by Crippen LogP contribution is -2.37. The Morgan fingerprint density at radius 2 is 2.04 bits per heavy atom. The number of imide groups is 1. The monoisotopic (exact) mass is 334 g/mol. The van der Waals surface area contributed by atoms with Gasteiger partial charge in [-0.2, -0.15) is 0 Å². The van der Waals surface area contributed by atoms with Crippen LogP contribution in [0.2, 0.25) is 0 Å². The highest BCUT2D eigenvalue weighted by atomic mass is 16.5. The highest BCUT2D eigenvalue weighted by molar-refractivity contribution is 6.06. The van der Waals surface area contributed by atoms with Gasteiger partial charge < -0.3 is 19.1 Å². The molecule has 9 heteroatoms. The van der Waals surface area contributed by atoms with Crippen LogP contribution < -0.4 is 10.2 Å². The summed E-state index contributed by atoms with van der Waals surface area (Å²) in [6, 6.07) is 1.62. The predicted octanol–water partition coefficient (Wildman–Crippen LogP) is -0.610. The van der Waals surface area contributed by atoms with E-state index in [4.69, 9.17) is 9.26 Å². The number of ether oxygens (including phenoxy) is 1. The van der Waals surface area contributed by atoms with Crippen LogP contribution in [-0.4, -0.2) is 67.2 Å². The van der Waals surface area contributed by atoms with Gasteiger partial charge in [0.2, 0.25) is 17.6 Å². The molecule has 1 aromatic heterocycles. The van der Waals surface area contributed by atoms with Gasteiger partial charge in [-0.05, 0) is 6.42 Å². The molecule has 3 aliphatic rings. The topological polar surface area (TPSA) is 105 Å². The van der Waals surface area contributed by atoms with Gasteiger partial charge in [-0.1, -0.05) is 5.16 Å². The van der Waals surface area contributed by atoms with Crippen LogP contribution in [0.15, 0.2) is 10.6 Å². The van der Waals surface area contributed by atoms with E-state index in [9.17, 15) is 14.4 Å². The Morgan fingerprint density at radius 3 is 2.75 bits per heavy atom. The molecule has 9 nitrogen and oxygen atoms in total. The molecule has 0 radical (unpaired) electrons. The number of carbonyl (C=O) groups excluding carboxylic acids is 3. The Balaban J connectivity index is 1.46. The molecule has 128 valence electrons. The van der Waals surface area contributed by atoms with E-state index < -0.39 is 5.41 Å². The van der Waals surface area contributed by atoms with Crippen molar-refractivity contribution in [2.45, 2.75) is 12.8 Å². The van der Waals surface area contributed by atoms with Crippen LogP contribution >= 0.6 is 0 Å². The average molecular weight is 334 g/mol. The molecular weight excluding hydrogens is 316 g/mol. The van der Waals surface area contributed by atoms with Gasteiger partial charge >= 0.3 is 0 Å². The largest absolute Gasteiger partial charge is 0.378 e. The number of likely N-dealkylation sites (tertiary alicyclic amines) is 1. The number of aromatic nitrogens is 1. The molecule has 1 spiro atoms. The summed E-state index contributed by atoms with van der Waals surface area (Å²) in [5.41, 5.74) is -0.778. The minimum atomic E-state index is -0.778. The number of nitrogens with zero attached hydrogens (tertiary/aromatic N) is 3. The lowest BCUT2D eigenvalue weighted by Gasteiger charge is -2.25. The Hall–Kier alpha value is -2.42. The highest BCUT2D eigenvalue weighted by Crippen LogP contribution is 2.38. The van der Waals surface area contributed by atoms with Crippen LogP contribution in [0.1, 0.15) is 23.4 Å². The van der Waals surface area contributed by atoms with Crippen molar-refractivity contribution in [1.29, 1.82) is 0 Å². The molecule has 1 N–H and O–H groups in total. The van der Waals surface area contributed by atoms with Gasteiger partial charge in [0.25, 0.3) is 5.91 Å². The van der Waals surface area contributed by atoms with Crippen molar-refractivity contribution >= 4 is 23.5 Å². The third-order valence-corrected chi connectivity index (χ3v) is 4.92. The molecular formula is C15H18N4O5. The molecule has 1 unspecified atom stereocenters. The summed E-state index contributed by atoms with van der Waals surface area (Å²) in [5.74, 6) is -0.0911. The number of hydrogen-bond acceptors (Lipinski definition) is 7. The standard InChI is InChI=1S/C15H18N4O5/c20-12-8-15(14(22)16-12)1-2-19(9-15)13(21)10-7-11(17-24-10)18-3-5-23-6-4-18/h7H,1-6,8-9H2,(H,16,20,22). The van der Waals surface area contributed by atoms with Crippen LogP contribution in [0.25, 0.3) is 0 Å². The summed E-state index contributed by atoms with van der Waals surface area (Å²) in [6.45, 7) is 3.30. The molecule has 4 heterocycles. The van der Waals surface area contributed by atoms with Crippen molar-refractivity contribution in [2.75, 3.05) is 44.3 Å². The van der Waals surface area contributed by atoms with E-state index in [2.05, 4.69) is 10.5 Å². The summed E-state index contributed by atoms with van der Waals surface area (Å²) in [6.07, 6.45) is 0.631. The van der Waals surface area contributed by atoms with Crippen molar-refractivity contribution < 1.29 is 23.6 Å². The van der Waals surface area contributed by atoms with E-state index in [0.29, 0.717) is 45.1 Å². The van der Waals surface area contributed by atoms with Crippen molar-refractivity contribution in [3.8, 4) is 0 Å². The molecule has 1 aromatic rings. The number of anilines is 1. The Kier molecular flexibility index (Phi) is 3.52. The Labute approximate surface area is 137 Å². The van der Waals surface area contributed by atoms with Gasteiger partial charge in [0.15, 0.2) is 5.82 Å². The number of amides is 3. The summed E-state index contributed by atoms with van der Waals surface area (Å²) < 4.78 is 10.5. The first-order chi connectivity index (χ1) is 11.6. The zero-order valence-electron chi connectivity index (χ0n) is 13.1. The number of rotatable bonds is 2. The summed E-state index contributed by atoms with van der Waals surface area (Å²) in [4.78, 5) is 39.6. The number of hydrogen-bond donors (Lipinski definition) is 1. The third-order valence-electron chi connectivity index (χ3n) is 4.92. The second-order valence-corrected chi connectivity index (χ2v) is 6.46. The van der Waals surface area contributed by atoms with E-state index >= 15 is 0 Å². The van der Waals surface area contributed by atoms with E-state index in [-0.39, 0.29) is 36.4 Å². The molecule has 0 aromatic carbocycles. The first-order valence-electron chi connectivity index (χ1n) is 8.00. The fourth-order valence-electron chi connectivity index (χ4n) is 3.53. The molecule has 24 heavy (non-hydrogen) atoms. The Morgan fingerprint density at radius 1 is 1.25 bits per heavy atom. The maximum absolute atomic E-state index is 12.6. The summed E-state index contributed by atoms with van der Waals surface area (Å²) >= 11 is 0. The van der Waals surface area contributed by atoms with Gasteiger partial charge in [0.05, 0.1) is 18.6 Å². The van der Waals surface area contributed by atoms with Crippen molar-refractivity contribution in [2.24, 2.45) is 5.41 Å². The van der Waals surface area contributed by atoms with Crippen LogP contribution in [0.4, 0.5) is 5.82 Å². The first-order valence-corrected chi connectivity index (χ1v) is 8.00. The average Bonchev–Trinajstić information content (AvgIpc) is 3.28. The van der Waals surface area contributed by atoms with E-state index in [1.807, 2.05) is 4.90 Å². The first kappa shape index (κ1) is 15.1. The van der Waals surface area contributed by atoms with Crippen LogP contribution in [-0.2, 0) is 14.3 Å². The quantitative estimate of drug-likeness (QED) is 0.719. The lowest BCUT2D eigenvalue weighted by atomic mass is 9.85. The molecule has 3 saturated heterocycles. The van der Waals surface area contributed by atoms with Crippen molar-refractivity contribution in [1.82, 2.24) is 15.4 Å². The second kappa shape index (κ2) is 5.59. The molecule has 3 fully saturated rings. The van der Waals surface area contributed by atoms with Crippen LogP contribution in [0.5, 0.6) is 0 Å².